The van der Waals surface area contributed by atoms with Gasteiger partial charge in [-0.15, -0.1) is 0 Å². The van der Waals surface area contributed by atoms with Gasteiger partial charge in [0, 0.05) is 12.4 Å². The summed E-state index contributed by atoms with van der Waals surface area (Å²) in [6, 6.07) is 0. The van der Waals surface area contributed by atoms with E-state index in [1.54, 1.807) is 6.92 Å². The molecule has 0 spiro atoms. The van der Waals surface area contributed by atoms with Crippen LogP contribution in [-0.2, 0) is 9.84 Å². The van der Waals surface area contributed by atoms with E-state index in [2.05, 4.69) is 0 Å². The summed E-state index contributed by atoms with van der Waals surface area (Å²) < 4.78 is 23.9. The molecule has 2 unspecified atom stereocenters. The van der Waals surface area contributed by atoms with Crippen molar-refractivity contribution in [1.82, 2.24) is 0 Å². The number of fused-ring (bicyclic) bond motifs is 2. The van der Waals surface area contributed by atoms with Crippen molar-refractivity contribution < 1.29 is 13.5 Å². The Morgan fingerprint density at radius 3 is 2.13 bits per heavy atom. The van der Waals surface area contributed by atoms with E-state index in [1.165, 1.54) is 0 Å². The van der Waals surface area contributed by atoms with Crippen molar-refractivity contribution >= 4 is 9.84 Å². The van der Waals surface area contributed by atoms with Gasteiger partial charge in [-0.2, -0.15) is 0 Å². The van der Waals surface area contributed by atoms with Crippen LogP contribution in [0, 0.1) is 17.8 Å². The quantitative estimate of drug-likeness (QED) is 0.796. The second-order valence-corrected chi connectivity index (χ2v) is 7.48. The topological polar surface area (TPSA) is 54.4 Å². The molecule has 2 rings (SSSR count). The Morgan fingerprint density at radius 2 is 1.73 bits per heavy atom. The monoisotopic (exact) mass is 232 g/mol. The molecule has 2 aliphatic rings. The third-order valence-corrected chi connectivity index (χ3v) is 6.59. The maximum atomic E-state index is 11.9. The summed E-state index contributed by atoms with van der Waals surface area (Å²) in [5, 5.41) is 9.06. The van der Waals surface area contributed by atoms with E-state index >= 15 is 0 Å². The maximum absolute atomic E-state index is 11.9. The summed E-state index contributed by atoms with van der Waals surface area (Å²) in [6.07, 6.45) is 3.92. The average molecular weight is 232 g/mol. The minimum atomic E-state index is -2.87. The van der Waals surface area contributed by atoms with Crippen molar-refractivity contribution in [2.75, 3.05) is 12.4 Å². The Labute approximate surface area is 91.8 Å². The second kappa shape index (κ2) is 4.06. The van der Waals surface area contributed by atoms with E-state index in [0.717, 1.165) is 25.7 Å². The fourth-order valence-corrected chi connectivity index (χ4v) is 5.58. The predicted octanol–water partition coefficient (Wildman–Crippen LogP) is 1.22. The minimum Gasteiger partial charge on any atom is -0.396 e. The Balaban J connectivity index is 2.18. The predicted molar refractivity (Wildman–Crippen MR) is 59.3 cm³/mol. The van der Waals surface area contributed by atoms with Gasteiger partial charge in [0.25, 0.3) is 0 Å². The molecule has 1 N–H and O–H groups in total. The lowest BCUT2D eigenvalue weighted by atomic mass is 9.81. The van der Waals surface area contributed by atoms with E-state index in [4.69, 9.17) is 5.11 Å². The molecule has 15 heavy (non-hydrogen) atoms. The van der Waals surface area contributed by atoms with Gasteiger partial charge in [0.15, 0.2) is 9.84 Å². The number of rotatable bonds is 3. The van der Waals surface area contributed by atoms with E-state index in [0.29, 0.717) is 17.8 Å². The lowest BCUT2D eigenvalue weighted by Crippen LogP contribution is -2.38. The van der Waals surface area contributed by atoms with Crippen LogP contribution >= 0.6 is 0 Å². The Hall–Kier alpha value is -0.0900. The zero-order chi connectivity index (χ0) is 11.1. The van der Waals surface area contributed by atoms with Crippen LogP contribution in [0.15, 0.2) is 0 Å². The van der Waals surface area contributed by atoms with E-state index in [1.807, 2.05) is 0 Å². The summed E-state index contributed by atoms with van der Waals surface area (Å²) in [7, 11) is -2.87. The van der Waals surface area contributed by atoms with Gasteiger partial charge in [0.2, 0.25) is 0 Å². The SMILES string of the molecule is CCS(=O)(=O)C1C2CCC1CC(CO)C2. The Bertz CT molecular complexity index is 309. The zero-order valence-corrected chi connectivity index (χ0v) is 10.0. The van der Waals surface area contributed by atoms with Crippen molar-refractivity contribution in [3.8, 4) is 0 Å². The van der Waals surface area contributed by atoms with Crippen LogP contribution in [0.3, 0.4) is 0 Å². The molecular formula is C11H20O3S. The number of aliphatic hydroxyl groups is 1. The molecule has 0 radical (unpaired) electrons. The summed E-state index contributed by atoms with van der Waals surface area (Å²) in [5.41, 5.74) is 0. The van der Waals surface area contributed by atoms with Gasteiger partial charge >= 0.3 is 0 Å². The van der Waals surface area contributed by atoms with Crippen LogP contribution in [0.2, 0.25) is 0 Å². The van der Waals surface area contributed by atoms with E-state index in [-0.39, 0.29) is 17.6 Å². The first kappa shape index (κ1) is 11.4. The van der Waals surface area contributed by atoms with Crippen LogP contribution in [0.25, 0.3) is 0 Å². The van der Waals surface area contributed by atoms with Crippen LogP contribution < -0.4 is 0 Å². The molecule has 0 aliphatic heterocycles. The molecule has 88 valence electrons. The number of aliphatic hydroxyl groups excluding tert-OH is 1. The highest BCUT2D eigenvalue weighted by atomic mass is 32.2. The molecule has 2 aliphatic carbocycles. The highest BCUT2D eigenvalue weighted by molar-refractivity contribution is 7.92. The van der Waals surface area contributed by atoms with Gasteiger partial charge in [-0.3, -0.25) is 0 Å². The summed E-state index contributed by atoms with van der Waals surface area (Å²) in [4.78, 5) is 0. The van der Waals surface area contributed by atoms with E-state index < -0.39 is 9.84 Å². The number of hydrogen-bond donors (Lipinski definition) is 1. The molecule has 0 aromatic heterocycles. The molecule has 2 fully saturated rings. The first-order chi connectivity index (χ1) is 7.08. The van der Waals surface area contributed by atoms with Gasteiger partial charge in [-0.25, -0.2) is 8.42 Å². The fraction of sp³-hybridized carbons (Fsp3) is 1.00. The number of hydrogen-bond acceptors (Lipinski definition) is 3. The molecule has 0 heterocycles. The highest BCUT2D eigenvalue weighted by Crippen LogP contribution is 2.47. The molecule has 2 saturated carbocycles. The van der Waals surface area contributed by atoms with Crippen LogP contribution in [0.1, 0.15) is 32.6 Å². The van der Waals surface area contributed by atoms with Gasteiger partial charge < -0.3 is 5.11 Å². The molecule has 2 atom stereocenters. The third kappa shape index (κ3) is 1.94. The molecule has 0 saturated heterocycles. The van der Waals surface area contributed by atoms with Crippen molar-refractivity contribution in [3.05, 3.63) is 0 Å². The Kier molecular flexibility index (Phi) is 3.08. The third-order valence-electron chi connectivity index (χ3n) is 4.18. The molecule has 3 nitrogen and oxygen atoms in total. The largest absolute Gasteiger partial charge is 0.396 e. The normalized spacial score (nSPS) is 40.7. The van der Waals surface area contributed by atoms with E-state index in [9.17, 15) is 8.42 Å². The molecule has 0 aromatic carbocycles. The van der Waals surface area contributed by atoms with Gasteiger partial charge in [-0.05, 0) is 43.4 Å². The smallest absolute Gasteiger partial charge is 0.153 e. The highest BCUT2D eigenvalue weighted by Gasteiger charge is 2.47. The molecule has 0 amide bonds. The summed E-state index contributed by atoms with van der Waals surface area (Å²) >= 11 is 0. The van der Waals surface area contributed by atoms with Crippen molar-refractivity contribution in [2.24, 2.45) is 17.8 Å². The molecule has 0 aromatic rings. The van der Waals surface area contributed by atoms with Crippen LogP contribution in [0.4, 0.5) is 0 Å². The second-order valence-electron chi connectivity index (χ2n) is 5.03. The minimum absolute atomic E-state index is 0.0923. The van der Waals surface area contributed by atoms with Crippen LogP contribution in [0.5, 0.6) is 0 Å². The molecular weight excluding hydrogens is 212 g/mol. The van der Waals surface area contributed by atoms with Crippen molar-refractivity contribution in [3.63, 3.8) is 0 Å². The molecule has 2 bridgehead atoms. The first-order valence-corrected chi connectivity index (χ1v) is 7.62. The average Bonchev–Trinajstić information content (AvgIpc) is 2.51. The summed E-state index contributed by atoms with van der Waals surface area (Å²) in [5.74, 6) is 1.27. The lowest BCUT2D eigenvalue weighted by Gasteiger charge is -2.33. The lowest BCUT2D eigenvalue weighted by molar-refractivity contribution is 0.158. The maximum Gasteiger partial charge on any atom is 0.153 e. The number of sulfone groups is 1. The summed E-state index contributed by atoms with van der Waals surface area (Å²) in [6.45, 7) is 1.97. The van der Waals surface area contributed by atoms with Gasteiger partial charge in [-0.1, -0.05) is 6.92 Å². The van der Waals surface area contributed by atoms with Crippen LogP contribution in [-0.4, -0.2) is 31.1 Å². The van der Waals surface area contributed by atoms with Gasteiger partial charge in [0.1, 0.15) is 0 Å². The zero-order valence-electron chi connectivity index (χ0n) is 9.22. The van der Waals surface area contributed by atoms with Gasteiger partial charge in [0.05, 0.1) is 5.25 Å². The molecule has 4 heteroatoms. The van der Waals surface area contributed by atoms with Crippen molar-refractivity contribution in [1.29, 1.82) is 0 Å². The fourth-order valence-electron chi connectivity index (χ4n) is 3.53. The standard InChI is InChI=1S/C11H20O3S/c1-2-15(13,14)11-9-3-4-10(11)6-8(5-9)7-12/h8-12H,2-7H2,1H3. The van der Waals surface area contributed by atoms with Crippen molar-refractivity contribution in [2.45, 2.75) is 37.9 Å². The Morgan fingerprint density at radius 1 is 1.20 bits per heavy atom. The first-order valence-electron chi connectivity index (χ1n) is 5.91.